The van der Waals surface area contributed by atoms with Crippen molar-refractivity contribution in [1.29, 1.82) is 0 Å². The van der Waals surface area contributed by atoms with Gasteiger partial charge in [0.1, 0.15) is 0 Å². The van der Waals surface area contributed by atoms with Gasteiger partial charge in [-0.1, -0.05) is 25.8 Å². The molecule has 1 aromatic carbocycles. The van der Waals surface area contributed by atoms with Gasteiger partial charge in [0.25, 0.3) is 0 Å². The summed E-state index contributed by atoms with van der Waals surface area (Å²) in [5.74, 6) is -0.0909. The maximum Gasteiger partial charge on any atom is 0.241 e. The van der Waals surface area contributed by atoms with Crippen molar-refractivity contribution in [2.75, 3.05) is 5.32 Å². The van der Waals surface area contributed by atoms with Crippen molar-refractivity contribution >= 4 is 21.6 Å². The molecule has 0 aliphatic carbocycles. The topological polar surface area (TPSA) is 75.3 Å². The average molecular weight is 326 g/mol. The number of carbonyl (C=O) groups is 1. The highest BCUT2D eigenvalue weighted by Gasteiger charge is 2.22. The molecule has 124 valence electrons. The molecule has 22 heavy (non-hydrogen) atoms. The van der Waals surface area contributed by atoms with Gasteiger partial charge in [-0.15, -0.1) is 0 Å². The van der Waals surface area contributed by atoms with Crippen molar-refractivity contribution in [1.82, 2.24) is 4.72 Å². The van der Waals surface area contributed by atoms with Crippen LogP contribution in [0.4, 0.5) is 5.69 Å². The fourth-order valence-corrected chi connectivity index (χ4v) is 3.43. The van der Waals surface area contributed by atoms with Gasteiger partial charge in [0.2, 0.25) is 15.9 Å². The van der Waals surface area contributed by atoms with Gasteiger partial charge < -0.3 is 5.32 Å². The largest absolute Gasteiger partial charge is 0.326 e. The van der Waals surface area contributed by atoms with Crippen LogP contribution in [0.1, 0.15) is 53.4 Å². The zero-order chi connectivity index (χ0) is 16.8. The minimum atomic E-state index is -3.60. The van der Waals surface area contributed by atoms with E-state index < -0.39 is 15.6 Å². The summed E-state index contributed by atoms with van der Waals surface area (Å²) in [7, 11) is -3.60. The van der Waals surface area contributed by atoms with E-state index >= 15 is 0 Å². The molecule has 0 unspecified atom stereocenters. The van der Waals surface area contributed by atoms with Crippen molar-refractivity contribution in [2.24, 2.45) is 0 Å². The summed E-state index contributed by atoms with van der Waals surface area (Å²) in [4.78, 5) is 11.9. The molecule has 0 heterocycles. The number of carbonyl (C=O) groups excluding carboxylic acids is 1. The number of sulfonamides is 1. The van der Waals surface area contributed by atoms with Crippen LogP contribution >= 0.6 is 0 Å². The molecule has 0 bridgehead atoms. The number of hydrogen-bond donors (Lipinski definition) is 2. The normalized spacial score (nSPS) is 12.2. The second kappa shape index (κ2) is 7.74. The van der Waals surface area contributed by atoms with Crippen LogP contribution in [0.2, 0.25) is 0 Å². The molecular formula is C16H26N2O3S. The van der Waals surface area contributed by atoms with E-state index in [2.05, 4.69) is 17.0 Å². The summed E-state index contributed by atoms with van der Waals surface area (Å²) < 4.78 is 27.1. The lowest BCUT2D eigenvalue weighted by Gasteiger charge is -2.20. The molecule has 6 heteroatoms. The number of amides is 1. The van der Waals surface area contributed by atoms with Crippen molar-refractivity contribution in [3.8, 4) is 0 Å². The van der Waals surface area contributed by atoms with E-state index in [0.717, 1.165) is 19.3 Å². The Kier molecular flexibility index (Phi) is 6.56. The number of rotatable bonds is 7. The van der Waals surface area contributed by atoms with Crippen LogP contribution in [0.5, 0.6) is 0 Å². The zero-order valence-electron chi connectivity index (χ0n) is 13.8. The van der Waals surface area contributed by atoms with Gasteiger partial charge in [-0.2, -0.15) is 0 Å². The number of nitrogens with one attached hydrogen (secondary N) is 2. The van der Waals surface area contributed by atoms with E-state index in [0.29, 0.717) is 12.1 Å². The third-order valence-corrected chi connectivity index (χ3v) is 4.63. The minimum Gasteiger partial charge on any atom is -0.326 e. The monoisotopic (exact) mass is 326 g/mol. The summed E-state index contributed by atoms with van der Waals surface area (Å²) in [5, 5.41) is 2.74. The second-order valence-corrected chi connectivity index (χ2v) is 8.07. The lowest BCUT2D eigenvalue weighted by Crippen LogP contribution is -2.40. The third-order valence-electron chi connectivity index (χ3n) is 2.88. The van der Waals surface area contributed by atoms with E-state index in [1.807, 2.05) is 0 Å². The Morgan fingerprint density at radius 3 is 2.45 bits per heavy atom. The van der Waals surface area contributed by atoms with Gasteiger partial charge in [-0.25, -0.2) is 13.1 Å². The van der Waals surface area contributed by atoms with Gasteiger partial charge in [0, 0.05) is 17.6 Å². The highest BCUT2D eigenvalue weighted by molar-refractivity contribution is 7.89. The first kappa shape index (κ1) is 18.6. The summed E-state index contributed by atoms with van der Waals surface area (Å²) in [6, 6.07) is 6.30. The molecule has 0 saturated carbocycles. The summed E-state index contributed by atoms with van der Waals surface area (Å²) in [6.45, 7) is 7.42. The average Bonchev–Trinajstić information content (AvgIpc) is 2.36. The second-order valence-electron chi connectivity index (χ2n) is 6.39. The third kappa shape index (κ3) is 6.58. The fraction of sp³-hybridized carbons (Fsp3) is 0.562. The molecule has 0 spiro atoms. The molecule has 0 fully saturated rings. The van der Waals surface area contributed by atoms with E-state index in [4.69, 9.17) is 0 Å². The first-order valence-electron chi connectivity index (χ1n) is 7.58. The molecule has 1 amide bonds. The smallest absolute Gasteiger partial charge is 0.241 e. The summed E-state index contributed by atoms with van der Waals surface area (Å²) in [5.41, 5.74) is -0.0589. The Bertz CT molecular complexity index is 604. The predicted octanol–water partition coefficient (Wildman–Crippen LogP) is 3.28. The van der Waals surface area contributed by atoms with E-state index in [-0.39, 0.29) is 10.8 Å². The van der Waals surface area contributed by atoms with Crippen LogP contribution < -0.4 is 10.0 Å². The van der Waals surface area contributed by atoms with Crippen LogP contribution in [0.15, 0.2) is 29.2 Å². The van der Waals surface area contributed by atoms with E-state index in [1.165, 1.54) is 12.1 Å². The lowest BCUT2D eigenvalue weighted by atomic mass is 10.1. The zero-order valence-corrected chi connectivity index (χ0v) is 14.6. The van der Waals surface area contributed by atoms with Gasteiger partial charge >= 0.3 is 0 Å². The Balaban J connectivity index is 2.80. The Morgan fingerprint density at radius 2 is 1.86 bits per heavy atom. The Morgan fingerprint density at radius 1 is 1.18 bits per heavy atom. The minimum absolute atomic E-state index is 0.0909. The van der Waals surface area contributed by atoms with Crippen molar-refractivity contribution in [3.63, 3.8) is 0 Å². The quantitative estimate of drug-likeness (QED) is 0.755. The first-order chi connectivity index (χ1) is 10.1. The number of benzene rings is 1. The van der Waals surface area contributed by atoms with Crippen LogP contribution in [0, 0.1) is 0 Å². The van der Waals surface area contributed by atoms with Gasteiger partial charge in [-0.05, 0) is 45.4 Å². The molecular weight excluding hydrogens is 300 g/mol. The lowest BCUT2D eigenvalue weighted by molar-refractivity contribution is -0.116. The predicted molar refractivity (Wildman–Crippen MR) is 89.3 cm³/mol. The van der Waals surface area contributed by atoms with E-state index in [1.54, 1.807) is 32.9 Å². The maximum atomic E-state index is 12.3. The number of unbranched alkanes of at least 4 members (excludes halogenated alkanes) is 2. The summed E-state index contributed by atoms with van der Waals surface area (Å²) in [6.07, 6.45) is 3.35. The Labute approximate surface area is 133 Å². The van der Waals surface area contributed by atoms with Gasteiger partial charge in [0.05, 0.1) is 4.90 Å². The number of hydrogen-bond acceptors (Lipinski definition) is 3. The van der Waals surface area contributed by atoms with Crippen molar-refractivity contribution in [3.05, 3.63) is 24.3 Å². The molecule has 1 rings (SSSR count). The SMILES string of the molecule is CCCCCC(=O)Nc1cccc(S(=O)(=O)NC(C)(C)C)c1. The highest BCUT2D eigenvalue weighted by atomic mass is 32.2. The van der Waals surface area contributed by atoms with Crippen molar-refractivity contribution < 1.29 is 13.2 Å². The first-order valence-corrected chi connectivity index (χ1v) is 9.06. The standard InChI is InChI=1S/C16H26N2O3S/c1-5-6-7-11-15(19)17-13-9-8-10-14(12-13)22(20,21)18-16(2,3)4/h8-10,12,18H,5-7,11H2,1-4H3,(H,17,19). The summed E-state index contributed by atoms with van der Waals surface area (Å²) >= 11 is 0. The van der Waals surface area contributed by atoms with Crippen LogP contribution in [-0.4, -0.2) is 19.9 Å². The van der Waals surface area contributed by atoms with E-state index in [9.17, 15) is 13.2 Å². The molecule has 0 atom stereocenters. The van der Waals surface area contributed by atoms with Crippen LogP contribution in [-0.2, 0) is 14.8 Å². The highest BCUT2D eigenvalue weighted by Crippen LogP contribution is 2.18. The Hall–Kier alpha value is -1.40. The maximum absolute atomic E-state index is 12.3. The molecule has 5 nitrogen and oxygen atoms in total. The van der Waals surface area contributed by atoms with Gasteiger partial charge in [0.15, 0.2) is 0 Å². The molecule has 1 aromatic rings. The van der Waals surface area contributed by atoms with Gasteiger partial charge in [-0.3, -0.25) is 4.79 Å². The van der Waals surface area contributed by atoms with Crippen molar-refractivity contribution in [2.45, 2.75) is 63.8 Å². The fourth-order valence-electron chi connectivity index (χ4n) is 1.96. The molecule has 0 aliphatic rings. The number of anilines is 1. The molecule has 0 aliphatic heterocycles. The molecule has 0 aromatic heterocycles. The molecule has 0 radical (unpaired) electrons. The van der Waals surface area contributed by atoms with Crippen LogP contribution in [0.25, 0.3) is 0 Å². The molecule has 0 saturated heterocycles. The van der Waals surface area contributed by atoms with Crippen LogP contribution in [0.3, 0.4) is 0 Å². The molecule has 2 N–H and O–H groups in total.